The van der Waals surface area contributed by atoms with E-state index in [0.29, 0.717) is 12.2 Å². The minimum Gasteiger partial charge on any atom is -0.478 e. The molecule has 6 heteroatoms. The van der Waals surface area contributed by atoms with Crippen molar-refractivity contribution in [2.24, 2.45) is 0 Å². The third-order valence-corrected chi connectivity index (χ3v) is 3.62. The molecule has 0 spiro atoms. The molecule has 2 N–H and O–H groups in total. The van der Waals surface area contributed by atoms with Crippen LogP contribution in [0.25, 0.3) is 0 Å². The van der Waals surface area contributed by atoms with Crippen LogP contribution in [0.1, 0.15) is 38.5 Å². The summed E-state index contributed by atoms with van der Waals surface area (Å²) in [6.07, 6.45) is 1.59. The van der Waals surface area contributed by atoms with Crippen LogP contribution in [0, 0.1) is 6.92 Å². The van der Waals surface area contributed by atoms with Gasteiger partial charge < -0.3 is 10.0 Å². The predicted molar refractivity (Wildman–Crippen MR) is 76.7 cm³/mol. The number of nitrogens with zero attached hydrogens (tertiary/aromatic N) is 2. The summed E-state index contributed by atoms with van der Waals surface area (Å²) >= 11 is 0. The normalized spacial score (nSPS) is 13.9. The fourth-order valence-corrected chi connectivity index (χ4v) is 2.61. The summed E-state index contributed by atoms with van der Waals surface area (Å²) in [5, 5.41) is 15.8. The Labute approximate surface area is 121 Å². The van der Waals surface area contributed by atoms with Gasteiger partial charge >= 0.3 is 5.97 Å². The van der Waals surface area contributed by atoms with Gasteiger partial charge in [0.05, 0.1) is 5.56 Å². The molecule has 0 fully saturated rings. The molecule has 0 bridgehead atoms. The van der Waals surface area contributed by atoms with Gasteiger partial charge in [-0.3, -0.25) is 9.89 Å². The first-order valence-electron chi connectivity index (χ1n) is 6.76. The summed E-state index contributed by atoms with van der Waals surface area (Å²) in [6, 6.07) is 6.59. The number of fused-ring (bicyclic) bond motifs is 1. The molecule has 108 valence electrons. The quantitative estimate of drug-likeness (QED) is 0.883. The predicted octanol–water partition coefficient (Wildman–Crippen LogP) is 2.01. The number of nitrogens with one attached hydrogen (secondary N) is 1. The molecule has 0 atom stereocenters. The van der Waals surface area contributed by atoms with Crippen molar-refractivity contribution in [3.05, 3.63) is 46.8 Å². The summed E-state index contributed by atoms with van der Waals surface area (Å²) < 4.78 is 0. The minimum absolute atomic E-state index is 0.164. The van der Waals surface area contributed by atoms with Crippen molar-refractivity contribution in [2.75, 3.05) is 11.4 Å². The number of benzene rings is 1. The van der Waals surface area contributed by atoms with Gasteiger partial charge in [-0.05, 0) is 49.6 Å². The number of hydrogen-bond acceptors (Lipinski definition) is 3. The molecule has 1 aromatic carbocycles. The standard InChI is InChI=1S/C15H15N3O3/c1-9-7-12(17-16-9)14(19)18-6-2-3-10-8-11(15(20)21)4-5-13(10)18/h4-5,7-8H,2-3,6H2,1H3,(H,16,17)(H,20,21). The van der Waals surface area contributed by atoms with Crippen LogP contribution in [-0.2, 0) is 6.42 Å². The smallest absolute Gasteiger partial charge is 0.335 e. The van der Waals surface area contributed by atoms with Crippen LogP contribution in [0.3, 0.4) is 0 Å². The molecular formula is C15H15N3O3. The molecular weight excluding hydrogens is 270 g/mol. The average Bonchev–Trinajstić information content (AvgIpc) is 2.91. The highest BCUT2D eigenvalue weighted by Gasteiger charge is 2.25. The van der Waals surface area contributed by atoms with Crippen LogP contribution in [0.4, 0.5) is 5.69 Å². The molecule has 21 heavy (non-hydrogen) atoms. The Morgan fingerprint density at radius 1 is 1.33 bits per heavy atom. The number of H-pyrrole nitrogens is 1. The zero-order chi connectivity index (χ0) is 15.0. The number of hydrogen-bond donors (Lipinski definition) is 2. The van der Waals surface area contributed by atoms with Gasteiger partial charge in [0.15, 0.2) is 5.69 Å². The maximum Gasteiger partial charge on any atom is 0.335 e. The molecule has 1 aliphatic rings. The number of aromatic carboxylic acids is 1. The zero-order valence-electron chi connectivity index (χ0n) is 11.6. The van der Waals surface area contributed by atoms with E-state index in [4.69, 9.17) is 5.11 Å². The Morgan fingerprint density at radius 2 is 2.14 bits per heavy atom. The summed E-state index contributed by atoms with van der Waals surface area (Å²) in [7, 11) is 0. The monoisotopic (exact) mass is 285 g/mol. The van der Waals surface area contributed by atoms with E-state index in [1.54, 1.807) is 23.1 Å². The van der Waals surface area contributed by atoms with E-state index >= 15 is 0 Å². The maximum atomic E-state index is 12.5. The number of aromatic amines is 1. The third kappa shape index (κ3) is 2.40. The lowest BCUT2D eigenvalue weighted by molar-refractivity contribution is 0.0696. The highest BCUT2D eigenvalue weighted by molar-refractivity contribution is 6.05. The lowest BCUT2D eigenvalue weighted by atomic mass is 9.99. The van der Waals surface area contributed by atoms with Crippen molar-refractivity contribution in [2.45, 2.75) is 19.8 Å². The van der Waals surface area contributed by atoms with Gasteiger partial charge in [0.25, 0.3) is 5.91 Å². The van der Waals surface area contributed by atoms with Gasteiger partial charge in [0.1, 0.15) is 0 Å². The molecule has 1 aromatic heterocycles. The van der Waals surface area contributed by atoms with Gasteiger partial charge in [0.2, 0.25) is 0 Å². The van der Waals surface area contributed by atoms with Crippen LogP contribution >= 0.6 is 0 Å². The number of anilines is 1. The second kappa shape index (κ2) is 5.05. The van der Waals surface area contributed by atoms with Crippen molar-refractivity contribution < 1.29 is 14.7 Å². The van der Waals surface area contributed by atoms with Crippen LogP contribution in [-0.4, -0.2) is 33.7 Å². The van der Waals surface area contributed by atoms with E-state index in [0.717, 1.165) is 29.8 Å². The molecule has 0 saturated heterocycles. The molecule has 1 aliphatic heterocycles. The molecule has 1 amide bonds. The van der Waals surface area contributed by atoms with Crippen molar-refractivity contribution in [1.82, 2.24) is 10.2 Å². The first kappa shape index (κ1) is 13.4. The number of carbonyl (C=O) groups is 2. The van der Waals surface area contributed by atoms with Gasteiger partial charge in [-0.2, -0.15) is 5.10 Å². The Morgan fingerprint density at radius 3 is 2.81 bits per heavy atom. The maximum absolute atomic E-state index is 12.5. The molecule has 0 radical (unpaired) electrons. The largest absolute Gasteiger partial charge is 0.478 e. The van der Waals surface area contributed by atoms with Gasteiger partial charge in [-0.15, -0.1) is 0 Å². The number of carbonyl (C=O) groups excluding carboxylic acids is 1. The molecule has 3 rings (SSSR count). The van der Waals surface area contributed by atoms with Gasteiger partial charge in [-0.25, -0.2) is 4.79 Å². The average molecular weight is 285 g/mol. The number of carboxylic acids is 1. The summed E-state index contributed by atoms with van der Waals surface area (Å²) in [6.45, 7) is 2.46. The van der Waals surface area contributed by atoms with Crippen LogP contribution < -0.4 is 4.90 Å². The minimum atomic E-state index is -0.954. The van der Waals surface area contributed by atoms with Crippen molar-refractivity contribution in [3.8, 4) is 0 Å². The molecule has 2 aromatic rings. The Hall–Kier alpha value is -2.63. The van der Waals surface area contributed by atoms with E-state index in [2.05, 4.69) is 10.2 Å². The second-order valence-corrected chi connectivity index (χ2v) is 5.15. The summed E-state index contributed by atoms with van der Waals surface area (Å²) in [4.78, 5) is 25.2. The summed E-state index contributed by atoms with van der Waals surface area (Å²) in [5.41, 5.74) is 3.12. The molecule has 2 heterocycles. The SMILES string of the molecule is Cc1cc(C(=O)N2CCCc3cc(C(=O)O)ccc32)n[nH]1. The van der Waals surface area contributed by atoms with Crippen molar-refractivity contribution in [1.29, 1.82) is 0 Å². The number of aryl methyl sites for hydroxylation is 2. The van der Waals surface area contributed by atoms with Gasteiger partial charge in [-0.1, -0.05) is 0 Å². The fourth-order valence-electron chi connectivity index (χ4n) is 2.61. The fraction of sp³-hybridized carbons (Fsp3) is 0.267. The lowest BCUT2D eigenvalue weighted by Crippen LogP contribution is -2.35. The number of carboxylic acid groups (broad SMARTS) is 1. The van der Waals surface area contributed by atoms with Gasteiger partial charge in [0, 0.05) is 17.9 Å². The molecule has 0 unspecified atom stereocenters. The van der Waals surface area contributed by atoms with Crippen LogP contribution in [0.5, 0.6) is 0 Å². The van der Waals surface area contributed by atoms with E-state index in [1.165, 1.54) is 6.07 Å². The number of aromatic nitrogens is 2. The Balaban J connectivity index is 1.97. The highest BCUT2D eigenvalue weighted by atomic mass is 16.4. The van der Waals surface area contributed by atoms with Crippen LogP contribution in [0.2, 0.25) is 0 Å². The molecule has 0 aliphatic carbocycles. The lowest BCUT2D eigenvalue weighted by Gasteiger charge is -2.29. The second-order valence-electron chi connectivity index (χ2n) is 5.15. The van der Waals surface area contributed by atoms with E-state index in [9.17, 15) is 9.59 Å². The van der Waals surface area contributed by atoms with Crippen molar-refractivity contribution in [3.63, 3.8) is 0 Å². The van der Waals surface area contributed by atoms with E-state index in [-0.39, 0.29) is 11.5 Å². The summed E-state index contributed by atoms with van der Waals surface area (Å²) in [5.74, 6) is -1.12. The third-order valence-electron chi connectivity index (χ3n) is 3.62. The Bertz CT molecular complexity index is 721. The Kier molecular flexibility index (Phi) is 3.21. The molecule has 6 nitrogen and oxygen atoms in total. The van der Waals surface area contributed by atoms with E-state index in [1.807, 2.05) is 6.92 Å². The molecule has 0 saturated carbocycles. The number of rotatable bonds is 2. The van der Waals surface area contributed by atoms with Crippen LogP contribution in [0.15, 0.2) is 24.3 Å². The zero-order valence-corrected chi connectivity index (χ0v) is 11.6. The van der Waals surface area contributed by atoms with Crippen molar-refractivity contribution >= 4 is 17.6 Å². The van der Waals surface area contributed by atoms with E-state index < -0.39 is 5.97 Å². The number of amides is 1. The topological polar surface area (TPSA) is 86.3 Å². The first-order chi connectivity index (χ1) is 10.1. The highest BCUT2D eigenvalue weighted by Crippen LogP contribution is 2.29. The first-order valence-corrected chi connectivity index (χ1v) is 6.76.